The highest BCUT2D eigenvalue weighted by molar-refractivity contribution is 7.91. The molecule has 2 rings (SSSR count). The number of methoxy groups -OCH3 is 1. The number of rotatable bonds is 9. The fourth-order valence-electron chi connectivity index (χ4n) is 2.31. The molecule has 152 valence electrons. The molecule has 9 heteroatoms. The Morgan fingerprint density at radius 3 is 2.46 bits per heavy atom. The zero-order valence-electron chi connectivity index (χ0n) is 16.0. The zero-order valence-corrected chi connectivity index (χ0v) is 16.8. The van der Waals surface area contributed by atoms with Crippen molar-refractivity contribution in [3.63, 3.8) is 0 Å². The summed E-state index contributed by atoms with van der Waals surface area (Å²) in [6, 6.07) is 7.69. The average molecular weight is 408 g/mol. The first-order valence-electron chi connectivity index (χ1n) is 8.67. The second-order valence-corrected chi connectivity index (χ2v) is 8.77. The van der Waals surface area contributed by atoms with E-state index in [1.165, 1.54) is 19.4 Å². The summed E-state index contributed by atoms with van der Waals surface area (Å²) < 4.78 is 34.9. The number of pyridine rings is 1. The number of carbonyl (C=O) groups excluding carboxylic acids is 1. The van der Waals surface area contributed by atoms with Crippen molar-refractivity contribution in [3.05, 3.63) is 52.4 Å². The Labute approximate surface area is 163 Å². The predicted octanol–water partition coefficient (Wildman–Crippen LogP) is 1.97. The Morgan fingerprint density at radius 1 is 1.21 bits per heavy atom. The summed E-state index contributed by atoms with van der Waals surface area (Å²) in [6.07, 6.45) is 1.34. The summed E-state index contributed by atoms with van der Waals surface area (Å²) in [5.74, 6) is -0.814. The second-order valence-electron chi connectivity index (χ2n) is 6.70. The molecule has 1 aromatic heterocycles. The van der Waals surface area contributed by atoms with Gasteiger partial charge in [-0.25, -0.2) is 8.42 Å². The molecule has 0 atom stereocenters. The van der Waals surface area contributed by atoms with E-state index >= 15 is 0 Å². The summed E-state index contributed by atoms with van der Waals surface area (Å²) >= 11 is 0. The molecule has 0 unspecified atom stereocenters. The first-order chi connectivity index (χ1) is 13.2. The molecule has 2 N–H and O–H groups in total. The number of aromatic amines is 1. The van der Waals surface area contributed by atoms with Crippen LogP contribution in [-0.4, -0.2) is 38.8 Å². The van der Waals surface area contributed by atoms with Crippen LogP contribution in [0.5, 0.6) is 11.5 Å². The lowest BCUT2D eigenvalue weighted by Gasteiger charge is -2.09. The maximum absolute atomic E-state index is 12.3. The number of nitrogens with one attached hydrogen (secondary N) is 2. The molecular formula is C19H24N2O6S. The second kappa shape index (κ2) is 9.41. The van der Waals surface area contributed by atoms with E-state index in [1.54, 1.807) is 24.3 Å². The monoisotopic (exact) mass is 408 g/mol. The first kappa shape index (κ1) is 21.5. The number of sulfone groups is 1. The van der Waals surface area contributed by atoms with Gasteiger partial charge in [-0.15, -0.1) is 0 Å². The third kappa shape index (κ3) is 6.73. The van der Waals surface area contributed by atoms with Crippen LogP contribution in [-0.2, 0) is 20.4 Å². The van der Waals surface area contributed by atoms with Gasteiger partial charge in [0.05, 0.1) is 19.5 Å². The number of carbonyl (C=O) groups is 1. The van der Waals surface area contributed by atoms with Gasteiger partial charge in [-0.05, 0) is 30.2 Å². The molecule has 1 amide bonds. The minimum Gasteiger partial charge on any atom is -0.497 e. The van der Waals surface area contributed by atoms with Gasteiger partial charge in [0.25, 0.3) is 0 Å². The third-order valence-electron chi connectivity index (χ3n) is 3.61. The molecule has 1 heterocycles. The standard InChI is InChI=1S/C19H24N2O6S/c1-13(2)10-27-18-9-20-15(8-17(18)22)11-28(24,25)12-19(23)21-14-4-6-16(26-3)7-5-14/h4-9,13H,10-12H2,1-3H3,(H,20,22)(H,21,23). The van der Waals surface area contributed by atoms with Gasteiger partial charge in [-0.3, -0.25) is 9.59 Å². The number of hydrogen-bond acceptors (Lipinski definition) is 6. The van der Waals surface area contributed by atoms with E-state index in [-0.39, 0.29) is 17.4 Å². The van der Waals surface area contributed by atoms with Crippen LogP contribution in [0.2, 0.25) is 0 Å². The van der Waals surface area contributed by atoms with Gasteiger partial charge in [0.15, 0.2) is 15.6 Å². The highest BCUT2D eigenvalue weighted by Gasteiger charge is 2.19. The number of aromatic nitrogens is 1. The van der Waals surface area contributed by atoms with Crippen molar-refractivity contribution in [1.82, 2.24) is 4.98 Å². The molecule has 28 heavy (non-hydrogen) atoms. The molecule has 2 aromatic rings. The van der Waals surface area contributed by atoms with Crippen LogP contribution in [0.4, 0.5) is 5.69 Å². The highest BCUT2D eigenvalue weighted by Crippen LogP contribution is 2.15. The maximum atomic E-state index is 12.3. The molecule has 0 spiro atoms. The Bertz CT molecular complexity index is 965. The molecule has 0 radical (unpaired) electrons. The van der Waals surface area contributed by atoms with Crippen molar-refractivity contribution in [3.8, 4) is 11.5 Å². The van der Waals surface area contributed by atoms with E-state index < -0.39 is 32.7 Å². The van der Waals surface area contributed by atoms with Gasteiger partial charge in [0, 0.05) is 23.6 Å². The lowest BCUT2D eigenvalue weighted by molar-refractivity contribution is -0.113. The lowest BCUT2D eigenvalue weighted by atomic mass is 10.2. The molecule has 0 saturated carbocycles. The Balaban J connectivity index is 1.97. The average Bonchev–Trinajstić information content (AvgIpc) is 2.60. The van der Waals surface area contributed by atoms with Gasteiger partial charge in [-0.1, -0.05) is 13.8 Å². The quantitative estimate of drug-likeness (QED) is 0.656. The van der Waals surface area contributed by atoms with Crippen LogP contribution in [0.15, 0.2) is 41.3 Å². The number of anilines is 1. The van der Waals surface area contributed by atoms with Crippen LogP contribution in [0.25, 0.3) is 0 Å². The topological polar surface area (TPSA) is 115 Å². The fourth-order valence-corrected chi connectivity index (χ4v) is 3.53. The van der Waals surface area contributed by atoms with Gasteiger partial charge in [0.2, 0.25) is 11.3 Å². The van der Waals surface area contributed by atoms with Crippen LogP contribution in [0, 0.1) is 5.92 Å². The maximum Gasteiger partial charge on any atom is 0.239 e. The van der Waals surface area contributed by atoms with Gasteiger partial charge in [-0.2, -0.15) is 0 Å². The van der Waals surface area contributed by atoms with Crippen LogP contribution < -0.4 is 20.2 Å². The Hall–Kier alpha value is -2.81. The number of ether oxygens (including phenoxy) is 2. The van der Waals surface area contributed by atoms with Crippen molar-refractivity contribution in [1.29, 1.82) is 0 Å². The minimum absolute atomic E-state index is 0.132. The molecule has 1 aromatic carbocycles. The van der Waals surface area contributed by atoms with E-state index in [4.69, 9.17) is 9.47 Å². The molecule has 0 aliphatic heterocycles. The van der Waals surface area contributed by atoms with Gasteiger partial charge < -0.3 is 19.8 Å². The SMILES string of the molecule is COc1ccc(NC(=O)CS(=O)(=O)Cc2cc(=O)c(OCC(C)C)c[nH]2)cc1. The van der Waals surface area contributed by atoms with E-state index in [1.807, 2.05) is 13.8 Å². The molecule has 0 fully saturated rings. The molecule has 0 aliphatic rings. The van der Waals surface area contributed by atoms with Crippen LogP contribution in [0.1, 0.15) is 19.5 Å². The van der Waals surface area contributed by atoms with Crippen molar-refractivity contribution < 1.29 is 22.7 Å². The summed E-state index contributed by atoms with van der Waals surface area (Å²) in [7, 11) is -2.25. The number of H-pyrrole nitrogens is 1. The zero-order chi connectivity index (χ0) is 20.7. The summed E-state index contributed by atoms with van der Waals surface area (Å²) in [5, 5.41) is 2.52. The van der Waals surface area contributed by atoms with Crippen LogP contribution >= 0.6 is 0 Å². The van der Waals surface area contributed by atoms with Crippen molar-refractivity contribution >= 4 is 21.4 Å². The van der Waals surface area contributed by atoms with E-state index in [9.17, 15) is 18.0 Å². The highest BCUT2D eigenvalue weighted by atomic mass is 32.2. The summed E-state index contributed by atoms with van der Waals surface area (Å²) in [5.41, 5.74) is 0.243. The lowest BCUT2D eigenvalue weighted by Crippen LogP contribution is -2.24. The fraction of sp³-hybridized carbons (Fsp3) is 0.368. The Kier molecular flexibility index (Phi) is 7.22. The summed E-state index contributed by atoms with van der Waals surface area (Å²) in [4.78, 5) is 26.8. The van der Waals surface area contributed by atoms with Crippen molar-refractivity contribution in [2.45, 2.75) is 19.6 Å². The normalized spacial score (nSPS) is 11.3. The van der Waals surface area contributed by atoms with Crippen molar-refractivity contribution in [2.24, 2.45) is 5.92 Å². The number of benzene rings is 1. The molecule has 0 bridgehead atoms. The largest absolute Gasteiger partial charge is 0.497 e. The third-order valence-corrected chi connectivity index (χ3v) is 5.06. The van der Waals surface area contributed by atoms with Crippen molar-refractivity contribution in [2.75, 3.05) is 24.8 Å². The number of amides is 1. The first-order valence-corrected chi connectivity index (χ1v) is 10.5. The van der Waals surface area contributed by atoms with E-state index in [0.29, 0.717) is 18.0 Å². The summed E-state index contributed by atoms with van der Waals surface area (Å²) in [6.45, 7) is 4.28. The van der Waals surface area contributed by atoms with Gasteiger partial charge in [0.1, 0.15) is 11.5 Å². The molecule has 8 nitrogen and oxygen atoms in total. The number of hydrogen-bond donors (Lipinski definition) is 2. The predicted molar refractivity (Wildman–Crippen MR) is 107 cm³/mol. The molecule has 0 saturated heterocycles. The van der Waals surface area contributed by atoms with Crippen LogP contribution in [0.3, 0.4) is 0 Å². The van der Waals surface area contributed by atoms with E-state index in [0.717, 1.165) is 0 Å². The Morgan fingerprint density at radius 2 is 1.89 bits per heavy atom. The minimum atomic E-state index is -3.77. The smallest absolute Gasteiger partial charge is 0.239 e. The molecule has 0 aliphatic carbocycles. The van der Waals surface area contributed by atoms with E-state index in [2.05, 4.69) is 10.3 Å². The molecular weight excluding hydrogens is 384 g/mol. The van der Waals surface area contributed by atoms with Gasteiger partial charge >= 0.3 is 0 Å².